The lowest BCUT2D eigenvalue weighted by Gasteiger charge is -1.59. The maximum absolute atomic E-state index is 2.75. The molecule has 0 aromatic carbocycles. The van der Waals surface area contributed by atoms with Crippen LogP contribution >= 0.6 is 9.24 Å². The molecule has 0 spiro atoms. The van der Waals surface area contributed by atoms with Crippen molar-refractivity contribution in [2.75, 3.05) is 34.9 Å². The molecule has 0 saturated heterocycles. The van der Waals surface area contributed by atoms with Crippen molar-refractivity contribution < 1.29 is 0 Å². The standard InChI is InChI=1S/2C2H7N.CH5P/c2*1-3-2;1-2/h2*3H,1-2H3;2H2,1H3. The van der Waals surface area contributed by atoms with E-state index in [0.29, 0.717) is 0 Å². The molecule has 0 aromatic heterocycles. The average molecular weight is 138 g/mol. The van der Waals surface area contributed by atoms with Gasteiger partial charge in [-0.3, -0.25) is 0 Å². The lowest BCUT2D eigenvalue weighted by atomic mass is 11.3. The SMILES string of the molecule is CNC.CNC.CP. The van der Waals surface area contributed by atoms with Crippen LogP contribution in [0.5, 0.6) is 0 Å². The first-order valence-electron chi connectivity index (χ1n) is 2.58. The van der Waals surface area contributed by atoms with Crippen molar-refractivity contribution in [3.63, 3.8) is 0 Å². The van der Waals surface area contributed by atoms with E-state index >= 15 is 0 Å². The molecule has 2 nitrogen and oxygen atoms in total. The number of hydrogen-bond acceptors (Lipinski definition) is 2. The van der Waals surface area contributed by atoms with Crippen LogP contribution in [0.1, 0.15) is 0 Å². The predicted molar refractivity (Wildman–Crippen MR) is 45.6 cm³/mol. The third kappa shape index (κ3) is 1480. The lowest BCUT2D eigenvalue weighted by molar-refractivity contribution is 1.02. The minimum atomic E-state index is 1.88. The van der Waals surface area contributed by atoms with Crippen molar-refractivity contribution in [3.8, 4) is 0 Å². The smallest absolute Gasteiger partial charge is 0.0167 e. The van der Waals surface area contributed by atoms with Gasteiger partial charge in [-0.05, 0) is 28.2 Å². The molecule has 0 aliphatic carbocycles. The van der Waals surface area contributed by atoms with E-state index in [0.717, 1.165) is 0 Å². The normalized spacial score (nSPS) is 5.25. The lowest BCUT2D eigenvalue weighted by Crippen LogP contribution is -1.89. The zero-order valence-corrected chi connectivity index (χ0v) is 7.73. The molecule has 0 aromatic rings. The van der Waals surface area contributed by atoms with Gasteiger partial charge in [0.05, 0.1) is 0 Å². The fourth-order valence-corrected chi connectivity index (χ4v) is 0. The Labute approximate surface area is 55.6 Å². The summed E-state index contributed by atoms with van der Waals surface area (Å²) in [5, 5.41) is 5.50. The van der Waals surface area contributed by atoms with Gasteiger partial charge in [0.15, 0.2) is 0 Å². The Morgan fingerprint density at radius 1 is 0.750 bits per heavy atom. The van der Waals surface area contributed by atoms with E-state index < -0.39 is 0 Å². The van der Waals surface area contributed by atoms with Gasteiger partial charge in [0.2, 0.25) is 0 Å². The molecule has 0 heterocycles. The van der Waals surface area contributed by atoms with E-state index in [2.05, 4.69) is 19.9 Å². The van der Waals surface area contributed by atoms with Crippen LogP contribution in [0.3, 0.4) is 0 Å². The maximum Gasteiger partial charge on any atom is -0.0167 e. The van der Waals surface area contributed by atoms with Gasteiger partial charge in [0.25, 0.3) is 0 Å². The van der Waals surface area contributed by atoms with Crippen molar-refractivity contribution in [2.24, 2.45) is 0 Å². The Balaban J connectivity index is -0.0000000483. The molecule has 0 saturated carbocycles. The monoisotopic (exact) mass is 138 g/mol. The molecular weight excluding hydrogens is 119 g/mol. The molecule has 2 N–H and O–H groups in total. The van der Waals surface area contributed by atoms with E-state index in [1.807, 2.05) is 34.9 Å². The molecule has 0 amide bonds. The van der Waals surface area contributed by atoms with E-state index in [4.69, 9.17) is 0 Å². The second-order valence-electron chi connectivity index (χ2n) is 1.00. The van der Waals surface area contributed by atoms with Gasteiger partial charge in [-0.2, -0.15) is 0 Å². The molecule has 0 radical (unpaired) electrons. The van der Waals surface area contributed by atoms with Crippen LogP contribution in [0.25, 0.3) is 0 Å². The summed E-state index contributed by atoms with van der Waals surface area (Å²) in [4.78, 5) is 0. The Hall–Kier alpha value is 0.350. The van der Waals surface area contributed by atoms with Gasteiger partial charge in [-0.1, -0.05) is 6.66 Å². The molecule has 1 unspecified atom stereocenters. The molecule has 0 rings (SSSR count). The van der Waals surface area contributed by atoms with Crippen molar-refractivity contribution in [2.45, 2.75) is 0 Å². The van der Waals surface area contributed by atoms with Crippen LogP contribution in [0.15, 0.2) is 0 Å². The summed E-state index contributed by atoms with van der Waals surface area (Å²) in [6.07, 6.45) is 0. The summed E-state index contributed by atoms with van der Waals surface area (Å²) in [6, 6.07) is 0. The van der Waals surface area contributed by atoms with Gasteiger partial charge in [0, 0.05) is 0 Å². The molecule has 1 atom stereocenters. The molecule has 54 valence electrons. The quantitative estimate of drug-likeness (QED) is 0.466. The van der Waals surface area contributed by atoms with Crippen molar-refractivity contribution in [1.82, 2.24) is 10.6 Å². The summed E-state index contributed by atoms with van der Waals surface area (Å²) < 4.78 is 0. The summed E-state index contributed by atoms with van der Waals surface area (Å²) in [5.41, 5.74) is 0. The zero-order valence-electron chi connectivity index (χ0n) is 6.58. The predicted octanol–water partition coefficient (Wildman–Crippen LogP) is 0.162. The number of hydrogen-bond donors (Lipinski definition) is 2. The Morgan fingerprint density at radius 3 is 0.750 bits per heavy atom. The largest absolute Gasteiger partial charge is 0.323 e. The minimum Gasteiger partial charge on any atom is -0.323 e. The number of nitrogens with one attached hydrogen (secondary N) is 2. The molecule has 0 fully saturated rings. The Kier molecular flexibility index (Phi) is 106. The second kappa shape index (κ2) is 53.7. The fourth-order valence-electron chi connectivity index (χ4n) is 0. The first-order chi connectivity index (χ1) is 3.83. The van der Waals surface area contributed by atoms with Gasteiger partial charge >= 0.3 is 0 Å². The van der Waals surface area contributed by atoms with Crippen LogP contribution in [0, 0.1) is 0 Å². The summed E-state index contributed by atoms with van der Waals surface area (Å²) in [5.74, 6) is 0. The van der Waals surface area contributed by atoms with Gasteiger partial charge in [-0.15, -0.1) is 9.24 Å². The average Bonchev–Trinajstić information content (AvgIpc) is 1.75. The first kappa shape index (κ1) is 15.8. The van der Waals surface area contributed by atoms with Crippen LogP contribution in [0.2, 0.25) is 0 Å². The van der Waals surface area contributed by atoms with Gasteiger partial charge < -0.3 is 10.6 Å². The highest BCUT2D eigenvalue weighted by atomic mass is 31.0. The van der Waals surface area contributed by atoms with Crippen LogP contribution in [-0.4, -0.2) is 34.9 Å². The van der Waals surface area contributed by atoms with E-state index in [-0.39, 0.29) is 0 Å². The van der Waals surface area contributed by atoms with Crippen molar-refractivity contribution in [1.29, 1.82) is 0 Å². The highest BCUT2D eigenvalue weighted by molar-refractivity contribution is 7.15. The number of rotatable bonds is 0. The van der Waals surface area contributed by atoms with E-state index in [1.54, 1.807) is 0 Å². The Bertz CT molecular complexity index is 12.4. The highest BCUT2D eigenvalue weighted by Gasteiger charge is 1.26. The third-order valence-electron chi connectivity index (χ3n) is 0. The highest BCUT2D eigenvalue weighted by Crippen LogP contribution is 1.46. The molecule has 0 aliphatic rings. The maximum atomic E-state index is 2.75. The summed E-state index contributed by atoms with van der Waals surface area (Å²) >= 11 is 0. The molecular formula is C5H19N2P. The van der Waals surface area contributed by atoms with Crippen molar-refractivity contribution >= 4 is 9.24 Å². The fraction of sp³-hybridized carbons (Fsp3) is 1.00. The van der Waals surface area contributed by atoms with Crippen LogP contribution in [0.4, 0.5) is 0 Å². The van der Waals surface area contributed by atoms with E-state index in [9.17, 15) is 0 Å². The molecule has 0 aliphatic heterocycles. The van der Waals surface area contributed by atoms with Crippen molar-refractivity contribution in [3.05, 3.63) is 0 Å². The van der Waals surface area contributed by atoms with Crippen LogP contribution < -0.4 is 10.6 Å². The zero-order chi connectivity index (χ0) is 7.41. The van der Waals surface area contributed by atoms with Crippen LogP contribution in [-0.2, 0) is 0 Å². The minimum absolute atomic E-state index is 1.88. The molecule has 3 heteroatoms. The molecule has 0 bridgehead atoms. The Morgan fingerprint density at radius 2 is 0.750 bits per heavy atom. The second-order valence-corrected chi connectivity index (χ2v) is 1.00. The first-order valence-corrected chi connectivity index (χ1v) is 3.73. The van der Waals surface area contributed by atoms with Gasteiger partial charge in [0.1, 0.15) is 0 Å². The topological polar surface area (TPSA) is 24.1 Å². The summed E-state index contributed by atoms with van der Waals surface area (Å²) in [6.45, 7) is 1.92. The van der Waals surface area contributed by atoms with Gasteiger partial charge in [-0.25, -0.2) is 0 Å². The third-order valence-corrected chi connectivity index (χ3v) is 0. The van der Waals surface area contributed by atoms with E-state index in [1.165, 1.54) is 0 Å². The summed E-state index contributed by atoms with van der Waals surface area (Å²) in [7, 11) is 9.92. The molecule has 8 heavy (non-hydrogen) atoms.